The van der Waals surface area contributed by atoms with Gasteiger partial charge in [0.2, 0.25) is 0 Å². The number of fused-ring (bicyclic) bond motifs is 1. The number of carbonyl (C=O) groups excluding carboxylic acids is 1. The second kappa shape index (κ2) is 7.37. The Bertz CT molecular complexity index is 1230. The van der Waals surface area contributed by atoms with Gasteiger partial charge >= 0.3 is 6.18 Å². The summed E-state index contributed by atoms with van der Waals surface area (Å²) in [7, 11) is 1.44. The number of carbonyl (C=O) groups is 1. The minimum atomic E-state index is -4.68. The third kappa shape index (κ3) is 3.52. The molecular formula is C20H13F4N3OS2. The van der Waals surface area contributed by atoms with E-state index in [1.807, 2.05) is 0 Å². The molecule has 4 aromatic rings. The summed E-state index contributed by atoms with van der Waals surface area (Å²) in [6.07, 6.45) is -4.68. The van der Waals surface area contributed by atoms with Crippen LogP contribution in [0.25, 0.3) is 20.8 Å². The van der Waals surface area contributed by atoms with E-state index in [1.54, 1.807) is 17.5 Å². The number of pyridine rings is 1. The first-order valence-electron chi connectivity index (χ1n) is 8.54. The second-order valence-corrected chi connectivity index (χ2v) is 8.34. The topological polar surface area (TPSA) is 59.2 Å². The summed E-state index contributed by atoms with van der Waals surface area (Å²) >= 11 is 2.07. The number of nitrogen functional groups attached to an aromatic ring is 1. The first-order valence-corrected chi connectivity index (χ1v) is 10.2. The van der Waals surface area contributed by atoms with Crippen molar-refractivity contribution in [3.8, 4) is 10.6 Å². The fourth-order valence-electron chi connectivity index (χ4n) is 2.99. The number of halogens is 4. The Labute approximate surface area is 176 Å². The van der Waals surface area contributed by atoms with Crippen LogP contribution in [0.2, 0.25) is 0 Å². The molecule has 0 unspecified atom stereocenters. The number of nitrogens with zero attached hydrogens (tertiary/aromatic N) is 2. The lowest BCUT2D eigenvalue weighted by molar-refractivity contribution is -0.136. The van der Waals surface area contributed by atoms with Crippen LogP contribution in [-0.4, -0.2) is 17.9 Å². The zero-order valence-electron chi connectivity index (χ0n) is 15.3. The van der Waals surface area contributed by atoms with Crippen LogP contribution in [0, 0.1) is 5.82 Å². The molecule has 0 saturated heterocycles. The predicted molar refractivity (Wildman–Crippen MR) is 111 cm³/mol. The monoisotopic (exact) mass is 451 g/mol. The molecule has 0 atom stereocenters. The van der Waals surface area contributed by atoms with Crippen LogP contribution in [0.3, 0.4) is 0 Å². The number of benzene rings is 1. The van der Waals surface area contributed by atoms with Crippen molar-refractivity contribution in [1.82, 2.24) is 4.98 Å². The number of hydrogen-bond acceptors (Lipinski definition) is 5. The third-order valence-electron chi connectivity index (χ3n) is 4.49. The fourth-order valence-corrected chi connectivity index (χ4v) is 4.77. The molecule has 4 rings (SSSR count). The van der Waals surface area contributed by atoms with Gasteiger partial charge in [-0.2, -0.15) is 13.2 Å². The normalized spacial score (nSPS) is 11.8. The molecule has 4 nitrogen and oxygen atoms in total. The van der Waals surface area contributed by atoms with E-state index in [-0.39, 0.29) is 26.5 Å². The molecule has 0 aliphatic heterocycles. The zero-order valence-corrected chi connectivity index (χ0v) is 17.0. The number of thiophene rings is 2. The molecule has 1 aromatic carbocycles. The summed E-state index contributed by atoms with van der Waals surface area (Å²) in [6, 6.07) is 9.50. The Morgan fingerprint density at radius 2 is 1.87 bits per heavy atom. The third-order valence-corrected chi connectivity index (χ3v) is 6.47. The molecule has 2 N–H and O–H groups in total. The van der Waals surface area contributed by atoms with Crippen molar-refractivity contribution in [3.05, 3.63) is 64.1 Å². The molecule has 0 radical (unpaired) electrons. The fraction of sp³-hybridized carbons (Fsp3) is 0.100. The van der Waals surface area contributed by atoms with E-state index in [0.717, 1.165) is 17.4 Å². The van der Waals surface area contributed by atoms with Gasteiger partial charge in [0.25, 0.3) is 5.91 Å². The van der Waals surface area contributed by atoms with Crippen LogP contribution in [0.5, 0.6) is 0 Å². The highest BCUT2D eigenvalue weighted by Gasteiger charge is 2.36. The molecule has 0 aliphatic rings. The minimum Gasteiger partial charge on any atom is -0.397 e. The van der Waals surface area contributed by atoms with Crippen LogP contribution in [-0.2, 0) is 6.18 Å². The van der Waals surface area contributed by atoms with E-state index in [4.69, 9.17) is 5.73 Å². The molecule has 0 aliphatic carbocycles. The Kier molecular flexibility index (Phi) is 4.99. The van der Waals surface area contributed by atoms with Crippen LogP contribution in [0.4, 0.5) is 28.9 Å². The van der Waals surface area contributed by atoms with Crippen molar-refractivity contribution >= 4 is 50.2 Å². The van der Waals surface area contributed by atoms with Crippen LogP contribution >= 0.6 is 22.7 Å². The van der Waals surface area contributed by atoms with Gasteiger partial charge in [-0.25, -0.2) is 9.37 Å². The van der Waals surface area contributed by atoms with Crippen molar-refractivity contribution in [2.45, 2.75) is 6.18 Å². The van der Waals surface area contributed by atoms with Crippen LogP contribution in [0.15, 0.2) is 47.8 Å². The quantitative estimate of drug-likeness (QED) is 0.386. The maximum absolute atomic E-state index is 13.8. The Balaban J connectivity index is 1.87. The Hall–Kier alpha value is -2.98. The van der Waals surface area contributed by atoms with Crippen molar-refractivity contribution < 1.29 is 22.4 Å². The standard InChI is InChI=1S/C20H13F4N3OS2/c1-27(11-6-4-10(21)5-7-11)19(28)17-16(25)15-12(20(22,23)24)9-13(26-18(15)30-17)14-3-2-8-29-14/h2-9H,25H2,1H3. The van der Waals surface area contributed by atoms with E-state index in [1.165, 1.54) is 47.5 Å². The maximum Gasteiger partial charge on any atom is 0.417 e. The SMILES string of the molecule is CN(C(=O)c1sc2nc(-c3cccs3)cc(C(F)(F)F)c2c1N)c1ccc(F)cc1. The molecular weight excluding hydrogens is 438 g/mol. The summed E-state index contributed by atoms with van der Waals surface area (Å²) in [5.74, 6) is -1.07. The van der Waals surface area contributed by atoms with Crippen molar-refractivity contribution in [2.24, 2.45) is 0 Å². The van der Waals surface area contributed by atoms with E-state index >= 15 is 0 Å². The summed E-state index contributed by atoms with van der Waals surface area (Å²) in [6.45, 7) is 0. The zero-order chi connectivity index (χ0) is 21.6. The number of nitrogens with two attached hydrogens (primary N) is 1. The minimum absolute atomic E-state index is 0.0292. The number of aromatic nitrogens is 1. The predicted octanol–water partition coefficient (Wildman–Crippen LogP) is 6.04. The molecule has 0 fully saturated rings. The summed E-state index contributed by atoms with van der Waals surface area (Å²) in [5, 5.41) is 1.45. The average Bonchev–Trinajstić information content (AvgIpc) is 3.34. The highest BCUT2D eigenvalue weighted by Crippen LogP contribution is 2.44. The lowest BCUT2D eigenvalue weighted by atomic mass is 10.1. The van der Waals surface area contributed by atoms with Gasteiger partial charge in [0, 0.05) is 18.1 Å². The van der Waals surface area contributed by atoms with Gasteiger partial charge in [0.05, 0.1) is 21.8 Å². The summed E-state index contributed by atoms with van der Waals surface area (Å²) in [4.78, 5) is 19.0. The van der Waals surface area contributed by atoms with Crippen LogP contribution in [0.1, 0.15) is 15.2 Å². The molecule has 0 bridgehead atoms. The van der Waals surface area contributed by atoms with Gasteiger partial charge in [-0.1, -0.05) is 6.07 Å². The molecule has 30 heavy (non-hydrogen) atoms. The largest absolute Gasteiger partial charge is 0.417 e. The van der Waals surface area contributed by atoms with Gasteiger partial charge in [-0.15, -0.1) is 22.7 Å². The second-order valence-electron chi connectivity index (χ2n) is 6.40. The molecule has 1 amide bonds. The van der Waals surface area contributed by atoms with Gasteiger partial charge in [-0.3, -0.25) is 4.79 Å². The summed E-state index contributed by atoms with van der Waals surface area (Å²) in [5.41, 5.74) is 5.34. The average molecular weight is 451 g/mol. The lowest BCUT2D eigenvalue weighted by Crippen LogP contribution is -2.26. The highest BCUT2D eigenvalue weighted by atomic mass is 32.1. The highest BCUT2D eigenvalue weighted by molar-refractivity contribution is 7.21. The lowest BCUT2D eigenvalue weighted by Gasteiger charge is -2.16. The molecule has 0 saturated carbocycles. The molecule has 3 aromatic heterocycles. The first-order chi connectivity index (χ1) is 14.2. The summed E-state index contributed by atoms with van der Waals surface area (Å²) < 4.78 is 54.5. The van der Waals surface area contributed by atoms with Gasteiger partial charge in [-0.05, 0) is 41.8 Å². The van der Waals surface area contributed by atoms with E-state index in [2.05, 4.69) is 4.98 Å². The number of alkyl halides is 3. The van der Waals surface area contributed by atoms with Crippen molar-refractivity contribution in [1.29, 1.82) is 0 Å². The number of anilines is 2. The van der Waals surface area contributed by atoms with E-state index in [0.29, 0.717) is 10.6 Å². The molecule has 10 heteroatoms. The number of rotatable bonds is 3. The number of hydrogen-bond donors (Lipinski definition) is 1. The van der Waals surface area contributed by atoms with E-state index in [9.17, 15) is 22.4 Å². The molecule has 0 spiro atoms. The molecule has 3 heterocycles. The van der Waals surface area contributed by atoms with E-state index < -0.39 is 23.5 Å². The van der Waals surface area contributed by atoms with Gasteiger partial charge in [0.1, 0.15) is 15.5 Å². The first kappa shape index (κ1) is 20.3. The van der Waals surface area contributed by atoms with Crippen molar-refractivity contribution in [2.75, 3.05) is 17.7 Å². The smallest absolute Gasteiger partial charge is 0.397 e. The Morgan fingerprint density at radius 1 is 1.17 bits per heavy atom. The Morgan fingerprint density at radius 3 is 2.47 bits per heavy atom. The van der Waals surface area contributed by atoms with Gasteiger partial charge in [0.15, 0.2) is 0 Å². The molecule has 154 valence electrons. The van der Waals surface area contributed by atoms with Crippen molar-refractivity contribution in [3.63, 3.8) is 0 Å². The van der Waals surface area contributed by atoms with Gasteiger partial charge < -0.3 is 10.6 Å². The maximum atomic E-state index is 13.8. The van der Waals surface area contributed by atoms with Crippen LogP contribution < -0.4 is 10.6 Å². The number of amides is 1.